The summed E-state index contributed by atoms with van der Waals surface area (Å²) in [6, 6.07) is 3.61. The topological polar surface area (TPSA) is 83.1 Å². The molecule has 2 rings (SSSR count). The van der Waals surface area contributed by atoms with E-state index < -0.39 is 5.91 Å². The number of hydrogen-bond donors (Lipinski definition) is 3. The van der Waals surface area contributed by atoms with Crippen LogP contribution in [0.15, 0.2) is 12.1 Å². The summed E-state index contributed by atoms with van der Waals surface area (Å²) in [7, 11) is 0. The van der Waals surface area contributed by atoms with Gasteiger partial charge in [-0.15, -0.1) is 0 Å². The highest BCUT2D eigenvalue weighted by Crippen LogP contribution is 2.18. The van der Waals surface area contributed by atoms with Crippen molar-refractivity contribution < 1.29 is 9.59 Å². The van der Waals surface area contributed by atoms with Crippen molar-refractivity contribution in [2.45, 2.75) is 32.2 Å². The molecule has 1 saturated carbocycles. The van der Waals surface area contributed by atoms with Crippen molar-refractivity contribution in [1.82, 2.24) is 15.6 Å². The van der Waals surface area contributed by atoms with Crippen molar-refractivity contribution in [3.8, 4) is 0 Å². The van der Waals surface area contributed by atoms with E-state index in [1.54, 1.807) is 12.1 Å². The summed E-state index contributed by atoms with van der Waals surface area (Å²) in [4.78, 5) is 27.7. The maximum absolute atomic E-state index is 12.0. The Labute approximate surface area is 128 Å². The molecule has 1 aromatic rings. The number of nitrogens with one attached hydrogen (secondary N) is 3. The molecule has 1 aromatic heterocycles. The van der Waals surface area contributed by atoms with Crippen molar-refractivity contribution in [2.75, 3.05) is 18.4 Å². The normalized spacial score (nSPS) is 13.6. The molecule has 0 unspecified atom stereocenters. The van der Waals surface area contributed by atoms with Gasteiger partial charge < -0.3 is 16.0 Å². The smallest absolute Gasteiger partial charge is 0.271 e. The number of amides is 2. The van der Waals surface area contributed by atoms with Crippen molar-refractivity contribution in [2.24, 2.45) is 0 Å². The number of hydrogen-bond acceptors (Lipinski definition) is 4. The lowest BCUT2D eigenvalue weighted by Gasteiger charge is -2.09. The Balaban J connectivity index is 1.91. The molecular weight excluding hydrogens is 292 g/mol. The second kappa shape index (κ2) is 7.26. The third-order valence-electron chi connectivity index (χ3n) is 2.97. The first-order valence-electron chi connectivity index (χ1n) is 7.08. The molecule has 21 heavy (non-hydrogen) atoms. The van der Waals surface area contributed by atoms with Gasteiger partial charge in [0.15, 0.2) is 0 Å². The first-order chi connectivity index (χ1) is 10.1. The summed E-state index contributed by atoms with van der Waals surface area (Å²) in [5.41, 5.74) is 0.122. The Morgan fingerprint density at radius 2 is 2.14 bits per heavy atom. The number of nitrogens with zero attached hydrogens (tertiary/aromatic N) is 1. The molecule has 1 heterocycles. The van der Waals surface area contributed by atoms with E-state index in [0.29, 0.717) is 5.82 Å². The van der Waals surface area contributed by atoms with E-state index in [4.69, 9.17) is 11.6 Å². The van der Waals surface area contributed by atoms with Gasteiger partial charge in [0.25, 0.3) is 5.91 Å². The zero-order valence-electron chi connectivity index (χ0n) is 11.9. The van der Waals surface area contributed by atoms with E-state index in [-0.39, 0.29) is 29.2 Å². The average Bonchev–Trinajstić information content (AvgIpc) is 3.27. The van der Waals surface area contributed by atoms with Crippen LogP contribution in [0.4, 0.5) is 5.82 Å². The van der Waals surface area contributed by atoms with Crippen molar-refractivity contribution in [3.63, 3.8) is 0 Å². The summed E-state index contributed by atoms with van der Waals surface area (Å²) in [6.45, 7) is 2.73. The highest BCUT2D eigenvalue weighted by atomic mass is 35.5. The Kier molecular flexibility index (Phi) is 5.38. The molecule has 0 aromatic carbocycles. The van der Waals surface area contributed by atoms with Crippen LogP contribution in [0.3, 0.4) is 0 Å². The highest BCUT2D eigenvalue weighted by Gasteiger charge is 2.23. The number of aromatic nitrogens is 1. The van der Waals surface area contributed by atoms with Gasteiger partial charge in [0.1, 0.15) is 11.5 Å². The summed E-state index contributed by atoms with van der Waals surface area (Å²) < 4.78 is 0. The van der Waals surface area contributed by atoms with Gasteiger partial charge in [0.05, 0.1) is 11.6 Å². The molecule has 6 nitrogen and oxygen atoms in total. The first-order valence-corrected chi connectivity index (χ1v) is 7.46. The van der Waals surface area contributed by atoms with E-state index in [1.165, 1.54) is 0 Å². The van der Waals surface area contributed by atoms with E-state index in [9.17, 15) is 9.59 Å². The Morgan fingerprint density at radius 3 is 2.81 bits per heavy atom. The van der Waals surface area contributed by atoms with Gasteiger partial charge in [0, 0.05) is 12.6 Å². The first kappa shape index (κ1) is 15.6. The van der Waals surface area contributed by atoms with E-state index in [0.717, 1.165) is 25.8 Å². The highest BCUT2D eigenvalue weighted by molar-refractivity contribution is 6.33. The second-order valence-electron chi connectivity index (χ2n) is 4.98. The quantitative estimate of drug-likeness (QED) is 0.714. The van der Waals surface area contributed by atoms with Crippen LogP contribution in [-0.2, 0) is 4.79 Å². The number of anilines is 1. The molecule has 3 N–H and O–H groups in total. The monoisotopic (exact) mass is 310 g/mol. The van der Waals surface area contributed by atoms with Gasteiger partial charge in [-0.3, -0.25) is 9.59 Å². The van der Waals surface area contributed by atoms with Crippen LogP contribution in [-0.4, -0.2) is 35.9 Å². The van der Waals surface area contributed by atoms with Gasteiger partial charge in [-0.05, 0) is 31.4 Å². The molecule has 0 spiro atoms. The van der Waals surface area contributed by atoms with E-state index in [1.807, 2.05) is 6.92 Å². The lowest BCUT2D eigenvalue weighted by molar-refractivity contribution is -0.120. The zero-order chi connectivity index (χ0) is 15.2. The lowest BCUT2D eigenvalue weighted by atomic mass is 10.3. The van der Waals surface area contributed by atoms with Gasteiger partial charge in [-0.2, -0.15) is 0 Å². The predicted octanol–water partition coefficient (Wildman–Crippen LogP) is 1.57. The standard InChI is InChI=1S/C14H19ClN4O2/c1-2-7-16-11-6-5-10(15)13(19-11)14(21)17-8-12(20)18-9-3-4-9/h5-6,9H,2-4,7-8H2,1H3,(H,16,19)(H,17,21)(H,18,20). The Bertz CT molecular complexity index is 532. The number of carbonyl (C=O) groups is 2. The fourth-order valence-corrected chi connectivity index (χ4v) is 1.89. The van der Waals surface area contributed by atoms with Gasteiger partial charge >= 0.3 is 0 Å². The minimum absolute atomic E-state index is 0.0695. The van der Waals surface area contributed by atoms with Crippen molar-refractivity contribution in [3.05, 3.63) is 22.8 Å². The van der Waals surface area contributed by atoms with Crippen molar-refractivity contribution in [1.29, 1.82) is 0 Å². The Morgan fingerprint density at radius 1 is 1.38 bits per heavy atom. The number of halogens is 1. The van der Waals surface area contributed by atoms with Gasteiger partial charge in [-0.1, -0.05) is 18.5 Å². The van der Waals surface area contributed by atoms with Gasteiger partial charge in [0.2, 0.25) is 5.91 Å². The third kappa shape index (κ3) is 4.90. The van der Waals surface area contributed by atoms with Gasteiger partial charge in [-0.25, -0.2) is 4.98 Å². The van der Waals surface area contributed by atoms with E-state index >= 15 is 0 Å². The predicted molar refractivity (Wildman–Crippen MR) is 81.5 cm³/mol. The van der Waals surface area contributed by atoms with Crippen LogP contribution in [0.25, 0.3) is 0 Å². The summed E-state index contributed by atoms with van der Waals surface area (Å²) in [5, 5.41) is 8.67. The summed E-state index contributed by atoms with van der Waals surface area (Å²) >= 11 is 5.98. The summed E-state index contributed by atoms with van der Waals surface area (Å²) in [6.07, 6.45) is 2.98. The Hall–Kier alpha value is -1.82. The molecule has 0 saturated heterocycles. The average molecular weight is 311 g/mol. The molecule has 2 amide bonds. The molecule has 1 aliphatic carbocycles. The molecule has 0 bridgehead atoms. The largest absolute Gasteiger partial charge is 0.370 e. The molecule has 7 heteroatoms. The van der Waals surface area contributed by atoms with Crippen molar-refractivity contribution >= 4 is 29.2 Å². The molecule has 1 fully saturated rings. The molecular formula is C14H19ClN4O2. The maximum Gasteiger partial charge on any atom is 0.271 e. The second-order valence-corrected chi connectivity index (χ2v) is 5.39. The van der Waals surface area contributed by atoms with Crippen LogP contribution in [0.2, 0.25) is 5.02 Å². The number of carbonyl (C=O) groups excluding carboxylic acids is 2. The number of pyridine rings is 1. The van der Waals surface area contributed by atoms with Crippen LogP contribution >= 0.6 is 11.6 Å². The molecule has 114 valence electrons. The van der Waals surface area contributed by atoms with Crippen LogP contribution in [0, 0.1) is 0 Å². The van der Waals surface area contributed by atoms with Crippen LogP contribution in [0.5, 0.6) is 0 Å². The lowest BCUT2D eigenvalue weighted by Crippen LogP contribution is -2.38. The minimum Gasteiger partial charge on any atom is -0.370 e. The number of rotatable bonds is 7. The maximum atomic E-state index is 12.0. The molecule has 1 aliphatic rings. The van der Waals surface area contributed by atoms with Crippen LogP contribution in [0.1, 0.15) is 36.7 Å². The molecule has 0 radical (unpaired) electrons. The SMILES string of the molecule is CCCNc1ccc(Cl)c(C(=O)NCC(=O)NC2CC2)n1. The third-order valence-corrected chi connectivity index (χ3v) is 3.27. The van der Waals surface area contributed by atoms with E-state index in [2.05, 4.69) is 20.9 Å². The minimum atomic E-state index is -0.453. The zero-order valence-corrected chi connectivity index (χ0v) is 12.7. The fourth-order valence-electron chi connectivity index (χ4n) is 1.70. The van der Waals surface area contributed by atoms with Crippen LogP contribution < -0.4 is 16.0 Å². The molecule has 0 atom stereocenters. The summed E-state index contributed by atoms with van der Waals surface area (Å²) in [5.74, 6) is -0.0536. The fraction of sp³-hybridized carbons (Fsp3) is 0.500. The molecule has 0 aliphatic heterocycles.